The Morgan fingerprint density at radius 2 is 1.59 bits per heavy atom. The lowest BCUT2D eigenvalue weighted by molar-refractivity contribution is 0.00578. The van der Waals surface area contributed by atoms with Crippen molar-refractivity contribution < 1.29 is 9.31 Å². The Bertz CT molecular complexity index is 712. The Hall–Kier alpha value is -1.61. The van der Waals surface area contributed by atoms with Crippen LogP contribution in [0.5, 0.6) is 0 Å². The molecule has 0 N–H and O–H groups in total. The Balaban J connectivity index is 1.86. The van der Waals surface area contributed by atoms with E-state index in [9.17, 15) is 0 Å². The predicted molar refractivity (Wildman–Crippen MR) is 90.2 cm³/mol. The van der Waals surface area contributed by atoms with Crippen molar-refractivity contribution in [1.29, 1.82) is 5.26 Å². The van der Waals surface area contributed by atoms with Gasteiger partial charge in [0.05, 0.1) is 21.6 Å². The Labute approximate surface area is 135 Å². The molecule has 112 valence electrons. The highest BCUT2D eigenvalue weighted by molar-refractivity contribution is 7.13. The molecule has 0 aliphatic carbocycles. The molecule has 0 saturated carbocycles. The van der Waals surface area contributed by atoms with Crippen LogP contribution in [0.2, 0.25) is 0 Å². The van der Waals surface area contributed by atoms with Crippen LogP contribution in [0, 0.1) is 11.3 Å². The van der Waals surface area contributed by atoms with Crippen LogP contribution < -0.4 is 5.46 Å². The van der Waals surface area contributed by atoms with E-state index in [2.05, 4.69) is 6.07 Å². The molecular weight excluding hydrogens is 293 g/mol. The van der Waals surface area contributed by atoms with Gasteiger partial charge in [-0.2, -0.15) is 5.26 Å². The fourth-order valence-electron chi connectivity index (χ4n) is 2.39. The van der Waals surface area contributed by atoms with Crippen LogP contribution in [-0.2, 0) is 9.31 Å². The van der Waals surface area contributed by atoms with Crippen LogP contribution in [0.4, 0.5) is 0 Å². The van der Waals surface area contributed by atoms with E-state index in [-0.39, 0.29) is 18.3 Å². The largest absolute Gasteiger partial charge is 0.494 e. The summed E-state index contributed by atoms with van der Waals surface area (Å²) in [5.74, 6) is 0. The molecule has 1 fully saturated rings. The summed E-state index contributed by atoms with van der Waals surface area (Å²) in [4.78, 5) is 1.00. The van der Waals surface area contributed by atoms with Crippen molar-refractivity contribution in [3.05, 3.63) is 41.3 Å². The summed E-state index contributed by atoms with van der Waals surface area (Å²) in [6, 6.07) is 12.1. The van der Waals surface area contributed by atoms with E-state index < -0.39 is 0 Å². The van der Waals surface area contributed by atoms with Crippen molar-refractivity contribution in [1.82, 2.24) is 0 Å². The molecule has 22 heavy (non-hydrogen) atoms. The summed E-state index contributed by atoms with van der Waals surface area (Å²) in [7, 11) is -0.349. The topological polar surface area (TPSA) is 42.2 Å². The van der Waals surface area contributed by atoms with Crippen LogP contribution in [0.25, 0.3) is 10.4 Å². The minimum Gasteiger partial charge on any atom is -0.399 e. The molecule has 1 aromatic heterocycles. The van der Waals surface area contributed by atoms with E-state index >= 15 is 0 Å². The van der Waals surface area contributed by atoms with Gasteiger partial charge in [-0.3, -0.25) is 0 Å². The second kappa shape index (κ2) is 5.24. The first-order chi connectivity index (χ1) is 10.3. The van der Waals surface area contributed by atoms with E-state index in [4.69, 9.17) is 14.6 Å². The molecule has 2 aromatic rings. The first-order valence-electron chi connectivity index (χ1n) is 7.28. The number of nitriles is 1. The molecule has 1 aliphatic heterocycles. The van der Waals surface area contributed by atoms with Gasteiger partial charge in [0.15, 0.2) is 0 Å². The SMILES string of the molecule is CC1(C)OB(c2ccc(-c3sccc3C#N)cc2)OC1(C)C. The third kappa shape index (κ3) is 2.48. The molecule has 2 heterocycles. The summed E-state index contributed by atoms with van der Waals surface area (Å²) in [6.45, 7) is 8.19. The third-order valence-electron chi connectivity index (χ3n) is 4.48. The van der Waals surface area contributed by atoms with Gasteiger partial charge in [-0.05, 0) is 50.2 Å². The van der Waals surface area contributed by atoms with Gasteiger partial charge >= 0.3 is 7.12 Å². The van der Waals surface area contributed by atoms with Crippen molar-refractivity contribution in [3.8, 4) is 16.5 Å². The molecule has 0 radical (unpaired) electrons. The molecule has 1 saturated heterocycles. The highest BCUT2D eigenvalue weighted by atomic mass is 32.1. The zero-order valence-corrected chi connectivity index (χ0v) is 14.0. The zero-order valence-electron chi connectivity index (χ0n) is 13.2. The minimum absolute atomic E-state index is 0.335. The molecule has 0 bridgehead atoms. The number of rotatable bonds is 2. The standard InChI is InChI=1S/C17H18BNO2S/c1-16(2)17(3,4)21-18(20-16)14-7-5-12(6-8-14)15-13(11-19)9-10-22-15/h5-10H,1-4H3. The molecule has 5 heteroatoms. The number of hydrogen-bond donors (Lipinski definition) is 0. The summed E-state index contributed by atoms with van der Waals surface area (Å²) in [5.41, 5.74) is 2.09. The third-order valence-corrected chi connectivity index (χ3v) is 5.45. The second-order valence-corrected chi connectivity index (χ2v) is 7.40. The number of benzene rings is 1. The lowest BCUT2D eigenvalue weighted by Gasteiger charge is -2.32. The van der Waals surface area contributed by atoms with Crippen LogP contribution in [0.3, 0.4) is 0 Å². The van der Waals surface area contributed by atoms with Gasteiger partial charge in [-0.15, -0.1) is 11.3 Å². The lowest BCUT2D eigenvalue weighted by atomic mass is 9.79. The van der Waals surface area contributed by atoms with Crippen molar-refractivity contribution in [2.45, 2.75) is 38.9 Å². The summed E-state index contributed by atoms with van der Waals surface area (Å²) < 4.78 is 12.1. The van der Waals surface area contributed by atoms with Gasteiger partial charge < -0.3 is 9.31 Å². The maximum atomic E-state index is 9.13. The molecule has 0 atom stereocenters. The van der Waals surface area contributed by atoms with Gasteiger partial charge in [0, 0.05) is 0 Å². The summed E-state index contributed by atoms with van der Waals surface area (Å²) >= 11 is 1.58. The highest BCUT2D eigenvalue weighted by Gasteiger charge is 2.51. The first-order valence-corrected chi connectivity index (χ1v) is 8.15. The number of hydrogen-bond acceptors (Lipinski definition) is 4. The van der Waals surface area contributed by atoms with Crippen molar-refractivity contribution in [2.75, 3.05) is 0 Å². The molecule has 3 nitrogen and oxygen atoms in total. The second-order valence-electron chi connectivity index (χ2n) is 6.49. The molecular formula is C17H18BNO2S. The highest BCUT2D eigenvalue weighted by Crippen LogP contribution is 2.36. The van der Waals surface area contributed by atoms with Crippen LogP contribution in [-0.4, -0.2) is 18.3 Å². The van der Waals surface area contributed by atoms with Crippen LogP contribution in [0.1, 0.15) is 33.3 Å². The van der Waals surface area contributed by atoms with E-state index in [1.54, 1.807) is 11.3 Å². The van der Waals surface area contributed by atoms with Gasteiger partial charge in [-0.1, -0.05) is 24.3 Å². The Morgan fingerprint density at radius 3 is 2.14 bits per heavy atom. The van der Waals surface area contributed by atoms with E-state index in [0.717, 1.165) is 15.9 Å². The average Bonchev–Trinajstić information content (AvgIpc) is 3.02. The Kier molecular flexibility index (Phi) is 3.64. The smallest absolute Gasteiger partial charge is 0.399 e. The van der Waals surface area contributed by atoms with Crippen LogP contribution >= 0.6 is 11.3 Å². The lowest BCUT2D eigenvalue weighted by Crippen LogP contribution is -2.41. The average molecular weight is 311 g/mol. The Morgan fingerprint density at radius 1 is 1.00 bits per heavy atom. The minimum atomic E-state index is -0.349. The predicted octanol–water partition coefficient (Wildman–Crippen LogP) is 3.59. The fraction of sp³-hybridized carbons (Fsp3) is 0.353. The van der Waals surface area contributed by atoms with Gasteiger partial charge in [-0.25, -0.2) is 0 Å². The van der Waals surface area contributed by atoms with Gasteiger partial charge in [0.25, 0.3) is 0 Å². The summed E-state index contributed by atoms with van der Waals surface area (Å²) in [5, 5.41) is 11.1. The monoisotopic (exact) mass is 311 g/mol. The van der Waals surface area contributed by atoms with Crippen molar-refractivity contribution in [2.24, 2.45) is 0 Å². The van der Waals surface area contributed by atoms with Crippen molar-refractivity contribution >= 4 is 23.9 Å². The van der Waals surface area contributed by atoms with Gasteiger partial charge in [0.2, 0.25) is 0 Å². The van der Waals surface area contributed by atoms with Crippen molar-refractivity contribution in [3.63, 3.8) is 0 Å². The number of nitrogens with zero attached hydrogens (tertiary/aromatic N) is 1. The van der Waals surface area contributed by atoms with Gasteiger partial charge in [0.1, 0.15) is 6.07 Å². The molecule has 3 rings (SSSR count). The molecule has 0 amide bonds. The summed E-state index contributed by atoms with van der Waals surface area (Å²) in [6.07, 6.45) is 0. The van der Waals surface area contributed by atoms with Crippen LogP contribution in [0.15, 0.2) is 35.7 Å². The van der Waals surface area contributed by atoms with E-state index in [1.807, 2.05) is 63.4 Å². The maximum Gasteiger partial charge on any atom is 0.494 e. The first kappa shape index (κ1) is 15.3. The normalized spacial score (nSPS) is 19.1. The molecule has 0 unspecified atom stereocenters. The molecule has 0 spiro atoms. The quantitative estimate of drug-likeness (QED) is 0.796. The van der Waals surface area contributed by atoms with E-state index in [0.29, 0.717) is 5.56 Å². The fourth-order valence-corrected chi connectivity index (χ4v) is 3.24. The molecule has 1 aromatic carbocycles. The van der Waals surface area contributed by atoms with E-state index in [1.165, 1.54) is 0 Å². The molecule has 1 aliphatic rings. The maximum absolute atomic E-state index is 9.13. The number of thiophene rings is 1. The zero-order chi connectivity index (χ0) is 16.0.